The van der Waals surface area contributed by atoms with Crippen LogP contribution in [-0.4, -0.2) is 31.5 Å². The highest BCUT2D eigenvalue weighted by Crippen LogP contribution is 2.22. The van der Waals surface area contributed by atoms with Crippen molar-refractivity contribution in [1.29, 1.82) is 0 Å². The van der Waals surface area contributed by atoms with Crippen LogP contribution in [-0.2, 0) is 4.79 Å². The Labute approximate surface area is 172 Å². The highest BCUT2D eigenvalue weighted by molar-refractivity contribution is 7.99. The maximum atomic E-state index is 13.7. The lowest BCUT2D eigenvalue weighted by molar-refractivity contribution is -0.113. The van der Waals surface area contributed by atoms with E-state index in [-0.39, 0.29) is 11.4 Å². The number of benzene rings is 2. The lowest BCUT2D eigenvalue weighted by Gasteiger charge is -2.06. The van der Waals surface area contributed by atoms with Crippen LogP contribution in [0.25, 0.3) is 16.9 Å². The van der Waals surface area contributed by atoms with Crippen LogP contribution in [0.1, 0.15) is 0 Å². The van der Waals surface area contributed by atoms with Gasteiger partial charge in [-0.25, -0.2) is 8.78 Å². The molecule has 0 aliphatic heterocycles. The fourth-order valence-corrected chi connectivity index (χ4v) is 3.35. The number of anilines is 1. The molecule has 4 aromatic rings. The fraction of sp³-hybridized carbons (Fsp3) is 0.0526. The van der Waals surface area contributed by atoms with Gasteiger partial charge in [-0.05, 0) is 36.4 Å². The summed E-state index contributed by atoms with van der Waals surface area (Å²) in [4.78, 5) is 12.1. The summed E-state index contributed by atoms with van der Waals surface area (Å²) in [7, 11) is 0. The van der Waals surface area contributed by atoms with E-state index in [9.17, 15) is 13.6 Å². The van der Waals surface area contributed by atoms with Crippen molar-refractivity contribution in [2.45, 2.75) is 5.16 Å². The summed E-state index contributed by atoms with van der Waals surface area (Å²) < 4.78 is 28.1. The topological polar surface area (TPSA) is 72.2 Å². The van der Waals surface area contributed by atoms with Gasteiger partial charge in [-0.2, -0.15) is 9.61 Å². The second kappa shape index (κ2) is 8.14. The van der Waals surface area contributed by atoms with Crippen LogP contribution in [0.4, 0.5) is 14.5 Å². The van der Waals surface area contributed by atoms with E-state index in [1.165, 1.54) is 10.6 Å². The lowest BCUT2D eigenvalue weighted by Crippen LogP contribution is -2.15. The van der Waals surface area contributed by atoms with Gasteiger partial charge >= 0.3 is 0 Å². The Kier molecular flexibility index (Phi) is 5.41. The van der Waals surface area contributed by atoms with E-state index in [2.05, 4.69) is 20.6 Å². The molecule has 4 rings (SSSR count). The number of aromatic nitrogens is 4. The molecular weight excluding hydrogens is 420 g/mol. The summed E-state index contributed by atoms with van der Waals surface area (Å²) >= 11 is 7.02. The third kappa shape index (κ3) is 4.36. The van der Waals surface area contributed by atoms with Crippen LogP contribution in [0.3, 0.4) is 0 Å². The van der Waals surface area contributed by atoms with Gasteiger partial charge in [0.1, 0.15) is 11.6 Å². The first-order valence-corrected chi connectivity index (χ1v) is 9.72. The molecule has 0 aliphatic carbocycles. The van der Waals surface area contributed by atoms with Crippen LogP contribution in [0.5, 0.6) is 0 Å². The number of hydrogen-bond donors (Lipinski definition) is 1. The highest BCUT2D eigenvalue weighted by Gasteiger charge is 2.13. The molecule has 0 saturated heterocycles. The van der Waals surface area contributed by atoms with Crippen molar-refractivity contribution < 1.29 is 13.6 Å². The third-order valence-corrected chi connectivity index (χ3v) is 5.08. The first-order chi connectivity index (χ1) is 14.0. The zero-order chi connectivity index (χ0) is 20.4. The first-order valence-electron chi connectivity index (χ1n) is 8.36. The van der Waals surface area contributed by atoms with Crippen LogP contribution < -0.4 is 5.32 Å². The second-order valence-electron chi connectivity index (χ2n) is 5.94. The molecule has 0 aliphatic rings. The molecule has 146 valence electrons. The molecule has 29 heavy (non-hydrogen) atoms. The highest BCUT2D eigenvalue weighted by atomic mass is 35.5. The largest absolute Gasteiger partial charge is 0.323 e. The summed E-state index contributed by atoms with van der Waals surface area (Å²) in [5.74, 6) is -2.08. The molecule has 0 spiro atoms. The van der Waals surface area contributed by atoms with Gasteiger partial charge in [-0.3, -0.25) is 4.79 Å². The minimum Gasteiger partial charge on any atom is -0.323 e. The molecule has 0 unspecified atom stereocenters. The molecule has 10 heteroatoms. The number of carbonyl (C=O) groups excluding carboxylic acids is 1. The number of thioether (sulfide) groups is 1. The maximum Gasteiger partial charge on any atom is 0.234 e. The van der Waals surface area contributed by atoms with E-state index in [1.54, 1.807) is 18.2 Å². The number of amides is 1. The number of rotatable bonds is 5. The number of hydrogen-bond acceptors (Lipinski definition) is 5. The zero-order valence-electron chi connectivity index (χ0n) is 14.6. The third-order valence-electron chi connectivity index (χ3n) is 3.91. The average Bonchev–Trinajstić information content (AvgIpc) is 3.11. The predicted octanol–water partition coefficient (Wildman–Crippen LogP) is 4.45. The molecular formula is C19H12ClF2N5OS. The van der Waals surface area contributed by atoms with Crippen molar-refractivity contribution in [3.63, 3.8) is 0 Å². The molecule has 2 aromatic carbocycles. The van der Waals surface area contributed by atoms with Crippen LogP contribution in [0, 0.1) is 11.6 Å². The molecule has 2 heterocycles. The SMILES string of the molecule is O=C(CSc1nnc2ccc(-c3ccc(Cl)cc3)nn12)Nc1ccc(F)cc1F. The molecule has 0 bridgehead atoms. The van der Waals surface area contributed by atoms with Gasteiger partial charge in [0.2, 0.25) is 11.1 Å². The summed E-state index contributed by atoms with van der Waals surface area (Å²) in [6, 6.07) is 13.7. The molecule has 1 N–H and O–H groups in total. The Morgan fingerprint density at radius 1 is 1.07 bits per heavy atom. The van der Waals surface area contributed by atoms with Gasteiger partial charge in [-0.1, -0.05) is 35.5 Å². The van der Waals surface area contributed by atoms with Crippen molar-refractivity contribution in [2.24, 2.45) is 0 Å². The molecule has 0 fully saturated rings. The molecule has 1 amide bonds. The van der Waals surface area contributed by atoms with Crippen LogP contribution in [0.2, 0.25) is 5.02 Å². The Bertz CT molecular complexity index is 1200. The van der Waals surface area contributed by atoms with E-state index in [0.717, 1.165) is 23.4 Å². The van der Waals surface area contributed by atoms with E-state index >= 15 is 0 Å². The van der Waals surface area contributed by atoms with Gasteiger partial charge in [0.05, 0.1) is 17.1 Å². The molecule has 0 radical (unpaired) electrons. The van der Waals surface area contributed by atoms with E-state index in [0.29, 0.717) is 27.6 Å². The van der Waals surface area contributed by atoms with Crippen molar-refractivity contribution in [3.8, 4) is 11.3 Å². The summed E-state index contributed by atoms with van der Waals surface area (Å²) in [5.41, 5.74) is 1.99. The lowest BCUT2D eigenvalue weighted by atomic mass is 10.1. The fourth-order valence-electron chi connectivity index (χ4n) is 2.54. The summed E-state index contributed by atoms with van der Waals surface area (Å²) in [5, 5.41) is 16.0. The van der Waals surface area contributed by atoms with E-state index in [1.807, 2.05) is 18.2 Å². The Hall–Kier alpha value is -3.04. The first kappa shape index (κ1) is 19.3. The molecule has 6 nitrogen and oxygen atoms in total. The van der Waals surface area contributed by atoms with Crippen molar-refractivity contribution in [3.05, 3.63) is 71.3 Å². The minimum absolute atomic E-state index is 0.0511. The van der Waals surface area contributed by atoms with Crippen LogP contribution in [0.15, 0.2) is 59.8 Å². The van der Waals surface area contributed by atoms with E-state index in [4.69, 9.17) is 11.6 Å². The summed E-state index contributed by atoms with van der Waals surface area (Å²) in [6.07, 6.45) is 0. The predicted molar refractivity (Wildman–Crippen MR) is 107 cm³/mol. The normalized spacial score (nSPS) is 11.0. The number of nitrogens with zero attached hydrogens (tertiary/aromatic N) is 4. The average molecular weight is 432 g/mol. The van der Waals surface area contributed by atoms with Gasteiger partial charge in [0.25, 0.3) is 0 Å². The monoisotopic (exact) mass is 431 g/mol. The number of halogens is 3. The quantitative estimate of drug-likeness (QED) is 0.472. The van der Waals surface area contributed by atoms with Gasteiger partial charge in [0.15, 0.2) is 5.65 Å². The van der Waals surface area contributed by atoms with Crippen molar-refractivity contribution in [1.82, 2.24) is 19.8 Å². The molecule has 2 aromatic heterocycles. The molecule has 0 atom stereocenters. The van der Waals surface area contributed by atoms with Gasteiger partial charge < -0.3 is 5.32 Å². The maximum absolute atomic E-state index is 13.7. The van der Waals surface area contributed by atoms with Gasteiger partial charge in [-0.15, -0.1) is 10.2 Å². The number of fused-ring (bicyclic) bond motifs is 1. The van der Waals surface area contributed by atoms with Crippen LogP contribution >= 0.6 is 23.4 Å². The number of nitrogens with one attached hydrogen (secondary N) is 1. The standard InChI is InChI=1S/C19H12ClF2N5OS/c20-12-3-1-11(2-4-12)15-7-8-17-24-25-19(27(17)26-15)29-10-18(28)23-16-6-5-13(21)9-14(16)22/h1-9H,10H2,(H,23,28). The minimum atomic E-state index is -0.842. The second-order valence-corrected chi connectivity index (χ2v) is 7.32. The Morgan fingerprint density at radius 2 is 1.86 bits per heavy atom. The number of carbonyl (C=O) groups is 1. The van der Waals surface area contributed by atoms with Crippen molar-refractivity contribution in [2.75, 3.05) is 11.1 Å². The zero-order valence-corrected chi connectivity index (χ0v) is 16.2. The van der Waals surface area contributed by atoms with Gasteiger partial charge in [0, 0.05) is 16.7 Å². The van der Waals surface area contributed by atoms with E-state index < -0.39 is 17.5 Å². The summed E-state index contributed by atoms with van der Waals surface area (Å²) in [6.45, 7) is 0. The molecule has 0 saturated carbocycles. The Morgan fingerprint density at radius 3 is 2.62 bits per heavy atom. The Balaban J connectivity index is 1.49. The van der Waals surface area contributed by atoms with Crippen molar-refractivity contribution >= 4 is 40.6 Å². The smallest absolute Gasteiger partial charge is 0.234 e.